The van der Waals surface area contributed by atoms with Crippen LogP contribution >= 0.6 is 15.9 Å². The van der Waals surface area contributed by atoms with Crippen molar-refractivity contribution < 1.29 is 14.6 Å². The van der Waals surface area contributed by atoms with Gasteiger partial charge in [-0.2, -0.15) is 0 Å². The number of hydrogen-bond donors (Lipinski definition) is 1. The van der Waals surface area contributed by atoms with Crippen LogP contribution in [0.3, 0.4) is 0 Å². The second-order valence-corrected chi connectivity index (χ2v) is 5.17. The number of benzene rings is 1. The zero-order valence-corrected chi connectivity index (χ0v) is 11.0. The molecule has 3 nitrogen and oxygen atoms in total. The highest BCUT2D eigenvalue weighted by molar-refractivity contribution is 9.10. The number of aliphatic hydroxyl groups is 1. The molecule has 2 rings (SSSR count). The average Bonchev–Trinajstić information content (AvgIpc) is 2.33. The molecule has 0 amide bonds. The summed E-state index contributed by atoms with van der Waals surface area (Å²) in [5, 5.41) is 9.72. The second kappa shape index (κ2) is 5.76. The molecule has 92 valence electrons. The van der Waals surface area contributed by atoms with Crippen LogP contribution in [0, 0.1) is 0 Å². The molecule has 1 aromatic carbocycles. The van der Waals surface area contributed by atoms with Gasteiger partial charge in [0.05, 0.1) is 12.2 Å². The topological polar surface area (TPSA) is 46.5 Å². The van der Waals surface area contributed by atoms with Gasteiger partial charge in [0.15, 0.2) is 5.78 Å². The Balaban J connectivity index is 1.98. The molecule has 0 unspecified atom stereocenters. The summed E-state index contributed by atoms with van der Waals surface area (Å²) in [7, 11) is 0. The van der Waals surface area contributed by atoms with Crippen molar-refractivity contribution in [2.45, 2.75) is 31.5 Å². The minimum Gasteiger partial charge on any atom is -0.390 e. The third-order valence-corrected chi connectivity index (χ3v) is 3.49. The lowest BCUT2D eigenvalue weighted by Gasteiger charge is -2.27. The molecular weight excluding hydrogens is 284 g/mol. The fourth-order valence-corrected chi connectivity index (χ4v) is 2.22. The summed E-state index contributed by atoms with van der Waals surface area (Å²) in [6.45, 7) is 0.634. The van der Waals surface area contributed by atoms with Crippen LogP contribution in [0.15, 0.2) is 28.7 Å². The molecule has 1 aliphatic heterocycles. The van der Waals surface area contributed by atoms with Crippen molar-refractivity contribution in [1.82, 2.24) is 0 Å². The van der Waals surface area contributed by atoms with Crippen molar-refractivity contribution in [3.63, 3.8) is 0 Å². The highest BCUT2D eigenvalue weighted by Crippen LogP contribution is 2.19. The highest BCUT2D eigenvalue weighted by atomic mass is 79.9. The quantitative estimate of drug-likeness (QED) is 0.873. The number of Topliss-reactive ketones (excluding diaryl/α,β-unsaturated/α-hetero) is 1. The molecule has 1 heterocycles. The molecule has 0 bridgehead atoms. The first-order valence-corrected chi connectivity index (χ1v) is 6.54. The van der Waals surface area contributed by atoms with E-state index in [0.29, 0.717) is 12.2 Å². The van der Waals surface area contributed by atoms with Gasteiger partial charge < -0.3 is 9.84 Å². The standard InChI is InChI=1S/C13H15BrO3/c14-10-5-3-9(4-6-10)12(16)8-13-11(15)2-1-7-17-13/h3-6,11,13,15H,1-2,7-8H2/t11-,13+/m0/s1. The van der Waals surface area contributed by atoms with Crippen molar-refractivity contribution in [2.24, 2.45) is 0 Å². The summed E-state index contributed by atoms with van der Waals surface area (Å²) in [5.41, 5.74) is 0.662. The lowest BCUT2D eigenvalue weighted by molar-refractivity contribution is -0.0724. The predicted molar refractivity (Wildman–Crippen MR) is 68.1 cm³/mol. The zero-order chi connectivity index (χ0) is 12.3. The van der Waals surface area contributed by atoms with Crippen LogP contribution in [0.1, 0.15) is 29.6 Å². The van der Waals surface area contributed by atoms with E-state index in [-0.39, 0.29) is 18.3 Å². The van der Waals surface area contributed by atoms with E-state index >= 15 is 0 Å². The van der Waals surface area contributed by atoms with Crippen LogP contribution in [0.5, 0.6) is 0 Å². The Morgan fingerprint density at radius 3 is 2.76 bits per heavy atom. The van der Waals surface area contributed by atoms with Crippen molar-refractivity contribution in [3.05, 3.63) is 34.3 Å². The van der Waals surface area contributed by atoms with Gasteiger partial charge in [-0.25, -0.2) is 0 Å². The molecule has 17 heavy (non-hydrogen) atoms. The maximum atomic E-state index is 12.0. The predicted octanol–water partition coefficient (Wildman–Crippen LogP) is 2.56. The molecule has 1 fully saturated rings. The van der Waals surface area contributed by atoms with Gasteiger partial charge in [0.2, 0.25) is 0 Å². The van der Waals surface area contributed by atoms with Crippen LogP contribution < -0.4 is 0 Å². The van der Waals surface area contributed by atoms with Crippen LogP contribution in [0.4, 0.5) is 0 Å². The molecule has 4 heteroatoms. The second-order valence-electron chi connectivity index (χ2n) is 4.25. The molecule has 1 saturated heterocycles. The Labute approximate surface area is 109 Å². The molecule has 0 saturated carbocycles. The summed E-state index contributed by atoms with van der Waals surface area (Å²) < 4.78 is 6.37. The number of ketones is 1. The number of ether oxygens (including phenoxy) is 1. The van der Waals surface area contributed by atoms with E-state index in [1.165, 1.54) is 0 Å². The maximum absolute atomic E-state index is 12.0. The SMILES string of the molecule is O=C(C[C@H]1OCCC[C@@H]1O)c1ccc(Br)cc1. The van der Waals surface area contributed by atoms with Crippen molar-refractivity contribution in [1.29, 1.82) is 0 Å². The van der Waals surface area contributed by atoms with Crippen molar-refractivity contribution >= 4 is 21.7 Å². The first-order chi connectivity index (χ1) is 8.16. The molecule has 1 aromatic rings. The molecule has 0 radical (unpaired) electrons. The third kappa shape index (κ3) is 3.37. The fraction of sp³-hybridized carbons (Fsp3) is 0.462. The number of rotatable bonds is 3. The maximum Gasteiger partial charge on any atom is 0.165 e. The van der Waals surface area contributed by atoms with Gasteiger partial charge in [-0.1, -0.05) is 28.1 Å². The summed E-state index contributed by atoms with van der Waals surface area (Å²) in [6.07, 6.45) is 0.980. The van der Waals surface area contributed by atoms with Crippen molar-refractivity contribution in [2.75, 3.05) is 6.61 Å². The molecule has 1 aliphatic rings. The first-order valence-electron chi connectivity index (χ1n) is 5.75. The first kappa shape index (κ1) is 12.7. The monoisotopic (exact) mass is 298 g/mol. The lowest BCUT2D eigenvalue weighted by Crippen LogP contribution is -2.35. The Bertz CT molecular complexity index is 388. The van der Waals surface area contributed by atoms with E-state index in [4.69, 9.17) is 4.74 Å². The van der Waals surface area contributed by atoms with Crippen LogP contribution in [0.2, 0.25) is 0 Å². The number of carbonyl (C=O) groups excluding carboxylic acids is 1. The van der Waals surface area contributed by atoms with E-state index in [1.807, 2.05) is 12.1 Å². The number of hydrogen-bond acceptors (Lipinski definition) is 3. The summed E-state index contributed by atoms with van der Waals surface area (Å²) in [6, 6.07) is 7.24. The highest BCUT2D eigenvalue weighted by Gasteiger charge is 2.26. The van der Waals surface area contributed by atoms with Crippen molar-refractivity contribution in [3.8, 4) is 0 Å². The van der Waals surface area contributed by atoms with Crippen LogP contribution in [-0.4, -0.2) is 29.7 Å². The average molecular weight is 299 g/mol. The Hall–Kier alpha value is -0.710. The molecular formula is C13H15BrO3. The van der Waals surface area contributed by atoms with E-state index < -0.39 is 6.10 Å². The minimum atomic E-state index is -0.511. The Kier molecular flexibility index (Phi) is 4.31. The lowest BCUT2D eigenvalue weighted by atomic mass is 9.98. The normalized spacial score (nSPS) is 24.6. The summed E-state index contributed by atoms with van der Waals surface area (Å²) in [4.78, 5) is 12.0. The van der Waals surface area contributed by atoms with Crippen LogP contribution in [-0.2, 0) is 4.74 Å². The number of carbonyl (C=O) groups is 1. The Morgan fingerprint density at radius 1 is 1.41 bits per heavy atom. The minimum absolute atomic E-state index is 0.0171. The fourth-order valence-electron chi connectivity index (χ4n) is 1.96. The molecule has 0 aromatic heterocycles. The van der Waals surface area contributed by atoms with Gasteiger partial charge in [-0.05, 0) is 25.0 Å². The molecule has 1 N–H and O–H groups in total. The molecule has 0 spiro atoms. The largest absolute Gasteiger partial charge is 0.390 e. The van der Waals surface area contributed by atoms with E-state index in [2.05, 4.69) is 15.9 Å². The third-order valence-electron chi connectivity index (χ3n) is 2.96. The van der Waals surface area contributed by atoms with Gasteiger partial charge in [0, 0.05) is 23.1 Å². The summed E-state index contributed by atoms with van der Waals surface area (Å²) in [5.74, 6) is 0.0171. The zero-order valence-electron chi connectivity index (χ0n) is 9.43. The van der Waals surface area contributed by atoms with E-state index in [9.17, 15) is 9.90 Å². The molecule has 2 atom stereocenters. The number of aliphatic hydroxyl groups excluding tert-OH is 1. The van der Waals surface area contributed by atoms with Gasteiger partial charge in [0.25, 0.3) is 0 Å². The van der Waals surface area contributed by atoms with Gasteiger partial charge in [-0.3, -0.25) is 4.79 Å². The molecule has 0 aliphatic carbocycles. The summed E-state index contributed by atoms with van der Waals surface area (Å²) >= 11 is 3.33. The van der Waals surface area contributed by atoms with Gasteiger partial charge >= 0.3 is 0 Å². The van der Waals surface area contributed by atoms with Gasteiger partial charge in [-0.15, -0.1) is 0 Å². The Morgan fingerprint density at radius 2 is 2.12 bits per heavy atom. The van der Waals surface area contributed by atoms with Gasteiger partial charge in [0.1, 0.15) is 0 Å². The smallest absolute Gasteiger partial charge is 0.165 e. The van der Waals surface area contributed by atoms with E-state index in [0.717, 1.165) is 17.3 Å². The van der Waals surface area contributed by atoms with E-state index in [1.54, 1.807) is 12.1 Å². The van der Waals surface area contributed by atoms with Crippen LogP contribution in [0.25, 0.3) is 0 Å². The number of halogens is 1.